The first-order valence-corrected chi connectivity index (χ1v) is 5.80. The number of hydrogen-bond acceptors (Lipinski definition) is 3. The highest BCUT2D eigenvalue weighted by Gasteiger charge is 2.30. The van der Waals surface area contributed by atoms with Crippen LogP contribution in [0.5, 0.6) is 0 Å². The SMILES string of the molecule is O=C1CCc2cc(N3CC(O)CC3=O)ccc21. The van der Waals surface area contributed by atoms with Crippen LogP contribution in [0.25, 0.3) is 0 Å². The summed E-state index contributed by atoms with van der Waals surface area (Å²) >= 11 is 0. The lowest BCUT2D eigenvalue weighted by Gasteiger charge is -2.16. The second-order valence-electron chi connectivity index (χ2n) is 4.63. The summed E-state index contributed by atoms with van der Waals surface area (Å²) < 4.78 is 0. The highest BCUT2D eigenvalue weighted by Crippen LogP contribution is 2.29. The molecule has 4 nitrogen and oxygen atoms in total. The zero-order chi connectivity index (χ0) is 12.0. The molecule has 1 unspecified atom stereocenters. The van der Waals surface area contributed by atoms with Crippen molar-refractivity contribution in [2.24, 2.45) is 0 Å². The molecular formula is C13H13NO3. The number of carbonyl (C=O) groups excluding carboxylic acids is 2. The molecule has 1 saturated heterocycles. The summed E-state index contributed by atoms with van der Waals surface area (Å²) in [7, 11) is 0. The Hall–Kier alpha value is -1.68. The summed E-state index contributed by atoms with van der Waals surface area (Å²) in [5, 5.41) is 9.45. The quantitative estimate of drug-likeness (QED) is 0.781. The number of rotatable bonds is 1. The second kappa shape index (κ2) is 3.67. The van der Waals surface area contributed by atoms with E-state index >= 15 is 0 Å². The average Bonchev–Trinajstić information content (AvgIpc) is 2.82. The fraction of sp³-hybridized carbons (Fsp3) is 0.385. The molecule has 0 aromatic heterocycles. The molecule has 1 fully saturated rings. The normalized spacial score (nSPS) is 23.4. The van der Waals surface area contributed by atoms with E-state index in [2.05, 4.69) is 0 Å². The zero-order valence-electron chi connectivity index (χ0n) is 9.35. The molecule has 1 aliphatic heterocycles. The van der Waals surface area contributed by atoms with Crippen LogP contribution >= 0.6 is 0 Å². The average molecular weight is 231 g/mol. The Labute approximate surface area is 98.9 Å². The van der Waals surface area contributed by atoms with E-state index in [0.29, 0.717) is 13.0 Å². The van der Waals surface area contributed by atoms with E-state index in [4.69, 9.17) is 0 Å². The Kier molecular flexibility index (Phi) is 2.26. The number of fused-ring (bicyclic) bond motifs is 1. The van der Waals surface area contributed by atoms with Crippen LogP contribution in [0.4, 0.5) is 5.69 Å². The number of aliphatic hydroxyl groups is 1. The van der Waals surface area contributed by atoms with Gasteiger partial charge < -0.3 is 10.0 Å². The lowest BCUT2D eigenvalue weighted by Crippen LogP contribution is -2.25. The van der Waals surface area contributed by atoms with Crippen molar-refractivity contribution in [2.75, 3.05) is 11.4 Å². The topological polar surface area (TPSA) is 57.6 Å². The van der Waals surface area contributed by atoms with Crippen LogP contribution in [0.1, 0.15) is 28.8 Å². The molecule has 1 aromatic carbocycles. The number of aliphatic hydroxyl groups excluding tert-OH is 1. The van der Waals surface area contributed by atoms with Gasteiger partial charge in [-0.1, -0.05) is 0 Å². The van der Waals surface area contributed by atoms with Crippen molar-refractivity contribution in [1.82, 2.24) is 0 Å². The number of aryl methyl sites for hydroxylation is 1. The van der Waals surface area contributed by atoms with E-state index in [-0.39, 0.29) is 18.1 Å². The summed E-state index contributed by atoms with van der Waals surface area (Å²) in [5.41, 5.74) is 2.59. The summed E-state index contributed by atoms with van der Waals surface area (Å²) in [5.74, 6) is 0.126. The maximum Gasteiger partial charge on any atom is 0.229 e. The lowest BCUT2D eigenvalue weighted by atomic mass is 10.1. The fourth-order valence-electron chi connectivity index (χ4n) is 2.55. The Bertz CT molecular complexity index is 509. The number of nitrogens with zero attached hydrogens (tertiary/aromatic N) is 1. The first-order valence-electron chi connectivity index (χ1n) is 5.80. The molecule has 2 aliphatic rings. The van der Waals surface area contributed by atoms with E-state index in [1.807, 2.05) is 6.07 Å². The Morgan fingerprint density at radius 3 is 2.76 bits per heavy atom. The number of hydrogen-bond donors (Lipinski definition) is 1. The molecule has 4 heteroatoms. The monoisotopic (exact) mass is 231 g/mol. The maximum absolute atomic E-state index is 11.6. The Morgan fingerprint density at radius 1 is 1.24 bits per heavy atom. The van der Waals surface area contributed by atoms with E-state index in [9.17, 15) is 14.7 Å². The highest BCUT2D eigenvalue weighted by molar-refractivity contribution is 6.02. The van der Waals surface area contributed by atoms with Crippen molar-refractivity contribution >= 4 is 17.4 Å². The smallest absolute Gasteiger partial charge is 0.229 e. The van der Waals surface area contributed by atoms with E-state index < -0.39 is 6.10 Å². The minimum Gasteiger partial charge on any atom is -0.391 e. The van der Waals surface area contributed by atoms with Gasteiger partial charge >= 0.3 is 0 Å². The number of benzene rings is 1. The van der Waals surface area contributed by atoms with Crippen molar-refractivity contribution in [3.8, 4) is 0 Å². The van der Waals surface area contributed by atoms with Crippen LogP contribution in [-0.2, 0) is 11.2 Å². The van der Waals surface area contributed by atoms with Gasteiger partial charge in [0.1, 0.15) is 0 Å². The van der Waals surface area contributed by atoms with Gasteiger partial charge in [-0.15, -0.1) is 0 Å². The number of ketones is 1. The fourth-order valence-corrected chi connectivity index (χ4v) is 2.55. The van der Waals surface area contributed by atoms with Crippen molar-refractivity contribution < 1.29 is 14.7 Å². The van der Waals surface area contributed by atoms with Gasteiger partial charge in [-0.25, -0.2) is 0 Å². The van der Waals surface area contributed by atoms with Crippen LogP contribution in [0, 0.1) is 0 Å². The third-order valence-electron chi connectivity index (χ3n) is 3.43. The summed E-state index contributed by atoms with van der Waals surface area (Å²) in [4.78, 5) is 24.7. The predicted octanol–water partition coefficient (Wildman–Crippen LogP) is 0.913. The lowest BCUT2D eigenvalue weighted by molar-refractivity contribution is -0.117. The van der Waals surface area contributed by atoms with Gasteiger partial charge in [0.15, 0.2) is 5.78 Å². The largest absolute Gasteiger partial charge is 0.391 e. The van der Waals surface area contributed by atoms with Gasteiger partial charge in [-0.05, 0) is 30.2 Å². The molecule has 1 atom stereocenters. The number of β-amino-alcohol motifs (C(OH)–C–C–N with tert-alkyl or cyclic N) is 1. The molecule has 0 spiro atoms. The number of anilines is 1. The molecule has 0 bridgehead atoms. The molecular weight excluding hydrogens is 218 g/mol. The van der Waals surface area contributed by atoms with Gasteiger partial charge in [0.25, 0.3) is 0 Å². The van der Waals surface area contributed by atoms with Crippen molar-refractivity contribution in [3.05, 3.63) is 29.3 Å². The Balaban J connectivity index is 1.95. The molecule has 88 valence electrons. The molecule has 1 aliphatic carbocycles. The molecule has 0 saturated carbocycles. The molecule has 1 amide bonds. The van der Waals surface area contributed by atoms with Crippen LogP contribution < -0.4 is 4.90 Å². The van der Waals surface area contributed by atoms with Crippen LogP contribution in [0.2, 0.25) is 0 Å². The molecule has 17 heavy (non-hydrogen) atoms. The molecule has 1 N–H and O–H groups in total. The van der Waals surface area contributed by atoms with E-state index in [0.717, 1.165) is 23.2 Å². The van der Waals surface area contributed by atoms with Crippen molar-refractivity contribution in [3.63, 3.8) is 0 Å². The van der Waals surface area contributed by atoms with Gasteiger partial charge in [0.2, 0.25) is 5.91 Å². The first kappa shape index (κ1) is 10.5. The van der Waals surface area contributed by atoms with Crippen LogP contribution in [0.3, 0.4) is 0 Å². The Morgan fingerprint density at radius 2 is 2.06 bits per heavy atom. The van der Waals surface area contributed by atoms with Gasteiger partial charge in [-0.2, -0.15) is 0 Å². The van der Waals surface area contributed by atoms with Gasteiger partial charge in [0, 0.05) is 17.7 Å². The number of Topliss-reactive ketones (excluding diaryl/α,β-unsaturated/α-hetero) is 1. The minimum absolute atomic E-state index is 0.0539. The number of carbonyl (C=O) groups is 2. The van der Waals surface area contributed by atoms with Crippen LogP contribution in [0.15, 0.2) is 18.2 Å². The molecule has 1 aromatic rings. The first-order chi connectivity index (χ1) is 8.15. The third kappa shape index (κ3) is 1.65. The van der Waals surface area contributed by atoms with Crippen LogP contribution in [-0.4, -0.2) is 29.4 Å². The van der Waals surface area contributed by atoms with Gasteiger partial charge in [0.05, 0.1) is 19.1 Å². The predicted molar refractivity (Wildman–Crippen MR) is 62.1 cm³/mol. The standard InChI is InChI=1S/C13H13NO3/c15-10-6-13(17)14(7-10)9-2-3-11-8(5-9)1-4-12(11)16/h2-3,5,10,15H,1,4,6-7H2. The highest BCUT2D eigenvalue weighted by atomic mass is 16.3. The second-order valence-corrected chi connectivity index (χ2v) is 4.63. The minimum atomic E-state index is -0.572. The molecule has 3 rings (SSSR count). The summed E-state index contributed by atoms with van der Waals surface area (Å²) in [6.07, 6.45) is 0.940. The third-order valence-corrected chi connectivity index (χ3v) is 3.43. The summed E-state index contributed by atoms with van der Waals surface area (Å²) in [6, 6.07) is 5.48. The number of amides is 1. The summed E-state index contributed by atoms with van der Waals surface area (Å²) in [6.45, 7) is 0.353. The molecule has 0 radical (unpaired) electrons. The zero-order valence-corrected chi connectivity index (χ0v) is 9.35. The van der Waals surface area contributed by atoms with Crippen molar-refractivity contribution in [2.45, 2.75) is 25.4 Å². The van der Waals surface area contributed by atoms with E-state index in [1.165, 1.54) is 0 Å². The van der Waals surface area contributed by atoms with Crippen molar-refractivity contribution in [1.29, 1.82) is 0 Å². The molecule has 1 heterocycles. The van der Waals surface area contributed by atoms with Gasteiger partial charge in [-0.3, -0.25) is 9.59 Å². The maximum atomic E-state index is 11.6. The van der Waals surface area contributed by atoms with E-state index in [1.54, 1.807) is 17.0 Å².